The second-order valence-corrected chi connectivity index (χ2v) is 12.8. The first-order valence-electron chi connectivity index (χ1n) is 13.9. The summed E-state index contributed by atoms with van der Waals surface area (Å²) in [6.07, 6.45) is 0.348. The molecule has 2 aliphatic rings. The van der Waals surface area contributed by atoms with Crippen molar-refractivity contribution in [2.75, 3.05) is 26.3 Å². The first kappa shape index (κ1) is 30.9. The number of fused-ring (bicyclic) bond motifs is 1. The van der Waals surface area contributed by atoms with E-state index in [1.54, 1.807) is 0 Å². The zero-order valence-electron chi connectivity index (χ0n) is 23.3. The topological polar surface area (TPSA) is 147 Å². The van der Waals surface area contributed by atoms with Crippen LogP contribution < -0.4 is 5.32 Å². The lowest BCUT2D eigenvalue weighted by atomic mass is 9.97. The number of carbonyl (C=O) groups is 1. The van der Waals surface area contributed by atoms with Crippen molar-refractivity contribution in [3.8, 4) is 0 Å². The molecule has 2 aromatic carbocycles. The van der Waals surface area contributed by atoms with E-state index >= 15 is 0 Å². The monoisotopic (exact) mass is 589 g/mol. The average Bonchev–Trinajstić information content (AvgIpc) is 3.35. The number of hydrogen-bond donors (Lipinski definition) is 3. The smallest absolute Gasteiger partial charge is 0.407 e. The molecular weight excluding hydrogens is 550 g/mol. The van der Waals surface area contributed by atoms with Crippen LogP contribution in [0.4, 0.5) is 4.79 Å². The van der Waals surface area contributed by atoms with E-state index in [1.165, 1.54) is 34.8 Å². The van der Waals surface area contributed by atoms with Gasteiger partial charge in [-0.25, -0.2) is 13.2 Å². The maximum absolute atomic E-state index is 13.6. The summed E-state index contributed by atoms with van der Waals surface area (Å²) in [5.41, 5.74) is 1.40. The number of carbonyl (C=O) groups excluding carboxylic acids is 1. The Bertz CT molecular complexity index is 1260. The minimum atomic E-state index is -4.00. The molecule has 2 aliphatic heterocycles. The number of amides is 1. The first-order chi connectivity index (χ1) is 19.7. The highest BCUT2D eigenvalue weighted by Gasteiger charge is 2.42. The summed E-state index contributed by atoms with van der Waals surface area (Å²) >= 11 is 0. The summed E-state index contributed by atoms with van der Waals surface area (Å²) in [5, 5.41) is 25.9. The van der Waals surface area contributed by atoms with Crippen molar-refractivity contribution in [3.63, 3.8) is 0 Å². The predicted molar refractivity (Wildman–Crippen MR) is 151 cm³/mol. The minimum Gasteiger partial charge on any atom is -0.443 e. The summed E-state index contributed by atoms with van der Waals surface area (Å²) < 4.78 is 45.5. The Kier molecular flexibility index (Phi) is 10.7. The molecule has 2 heterocycles. The summed E-state index contributed by atoms with van der Waals surface area (Å²) in [4.78, 5) is 13.1. The quantitative estimate of drug-likeness (QED) is 0.195. The van der Waals surface area contributed by atoms with Gasteiger partial charge in [-0.05, 0) is 48.4 Å². The van der Waals surface area contributed by atoms with E-state index in [-0.39, 0.29) is 49.1 Å². The molecule has 4 rings (SSSR count). The summed E-state index contributed by atoms with van der Waals surface area (Å²) in [6.45, 7) is 4.53. The van der Waals surface area contributed by atoms with Crippen LogP contribution >= 0.6 is 0 Å². The lowest BCUT2D eigenvalue weighted by Crippen LogP contribution is -2.51. The molecule has 224 valence electrons. The SMILES string of the molecule is CC(C)CN(C[C@@H](O)[C@H](Cc1ccccc1)NC(=O)OC1CO[C@@H]2OCCC[C@@H]12)S(=O)(=O)c1ccc(/C=N/O)cc1. The lowest BCUT2D eigenvalue weighted by Gasteiger charge is -2.31. The number of hydrogen-bond acceptors (Lipinski definition) is 9. The fourth-order valence-electron chi connectivity index (χ4n) is 5.18. The third kappa shape index (κ3) is 8.26. The van der Waals surface area contributed by atoms with Crippen LogP contribution in [0.15, 0.2) is 64.6 Å². The summed E-state index contributed by atoms with van der Waals surface area (Å²) in [7, 11) is -4.00. The van der Waals surface area contributed by atoms with Gasteiger partial charge in [0.1, 0.15) is 6.10 Å². The number of ether oxygens (including phenoxy) is 3. The zero-order valence-corrected chi connectivity index (χ0v) is 24.2. The highest BCUT2D eigenvalue weighted by atomic mass is 32.2. The molecule has 2 saturated heterocycles. The highest BCUT2D eigenvalue weighted by Crippen LogP contribution is 2.32. The van der Waals surface area contributed by atoms with Gasteiger partial charge in [0, 0.05) is 25.6 Å². The van der Waals surface area contributed by atoms with E-state index in [2.05, 4.69) is 10.5 Å². The number of rotatable bonds is 12. The van der Waals surface area contributed by atoms with Gasteiger partial charge in [-0.15, -0.1) is 0 Å². The molecule has 1 unspecified atom stereocenters. The Morgan fingerprint density at radius 3 is 2.56 bits per heavy atom. The van der Waals surface area contributed by atoms with Gasteiger partial charge in [0.25, 0.3) is 0 Å². The molecule has 0 saturated carbocycles. The largest absolute Gasteiger partial charge is 0.443 e. The van der Waals surface area contributed by atoms with Gasteiger partial charge in [-0.2, -0.15) is 4.31 Å². The van der Waals surface area contributed by atoms with E-state index < -0.39 is 34.4 Å². The van der Waals surface area contributed by atoms with Crippen LogP contribution in [0.25, 0.3) is 0 Å². The normalized spacial score (nSPS) is 22.5. The van der Waals surface area contributed by atoms with Crippen LogP contribution in [0.5, 0.6) is 0 Å². The van der Waals surface area contributed by atoms with E-state index in [1.807, 2.05) is 44.2 Å². The Morgan fingerprint density at radius 1 is 1.15 bits per heavy atom. The van der Waals surface area contributed by atoms with Crippen molar-refractivity contribution in [1.29, 1.82) is 0 Å². The van der Waals surface area contributed by atoms with Gasteiger partial charge in [0.15, 0.2) is 6.29 Å². The molecule has 0 aromatic heterocycles. The fourth-order valence-corrected chi connectivity index (χ4v) is 6.80. The van der Waals surface area contributed by atoms with Crippen molar-refractivity contribution < 1.29 is 37.7 Å². The molecule has 11 nitrogen and oxygen atoms in total. The first-order valence-corrected chi connectivity index (χ1v) is 15.3. The van der Waals surface area contributed by atoms with Crippen molar-refractivity contribution >= 4 is 22.3 Å². The maximum Gasteiger partial charge on any atom is 0.407 e. The molecule has 0 aliphatic carbocycles. The zero-order chi connectivity index (χ0) is 29.4. The van der Waals surface area contributed by atoms with Gasteiger partial charge in [-0.3, -0.25) is 0 Å². The van der Waals surface area contributed by atoms with Gasteiger partial charge >= 0.3 is 6.09 Å². The molecule has 12 heteroatoms. The summed E-state index contributed by atoms with van der Waals surface area (Å²) in [5.74, 6) is -0.0787. The van der Waals surface area contributed by atoms with Gasteiger partial charge < -0.3 is 29.8 Å². The molecule has 0 spiro atoms. The van der Waals surface area contributed by atoms with Crippen LogP contribution in [0.2, 0.25) is 0 Å². The lowest BCUT2D eigenvalue weighted by molar-refractivity contribution is -0.152. The fraction of sp³-hybridized carbons (Fsp3) is 0.517. The van der Waals surface area contributed by atoms with Crippen LogP contribution in [-0.4, -0.2) is 86.2 Å². The minimum absolute atomic E-state index is 0.0312. The molecule has 0 bridgehead atoms. The van der Waals surface area contributed by atoms with Gasteiger partial charge in [0.05, 0.1) is 29.9 Å². The molecule has 0 radical (unpaired) electrons. The third-order valence-electron chi connectivity index (χ3n) is 7.22. The van der Waals surface area contributed by atoms with E-state index in [0.717, 1.165) is 18.4 Å². The maximum atomic E-state index is 13.6. The summed E-state index contributed by atoms with van der Waals surface area (Å²) in [6, 6.07) is 14.4. The Balaban J connectivity index is 1.51. The number of aliphatic hydroxyl groups excluding tert-OH is 1. The molecular formula is C29H39N3O8S. The van der Waals surface area contributed by atoms with Crippen LogP contribution in [0, 0.1) is 11.8 Å². The van der Waals surface area contributed by atoms with Crippen LogP contribution in [-0.2, 0) is 30.7 Å². The standard InChI is InChI=1S/C29H39N3O8S/c1-20(2)17-32(41(36,37)23-12-10-22(11-13-23)16-30-35)18-26(33)25(15-21-7-4-3-5-8-21)31-29(34)40-27-19-39-28-24(27)9-6-14-38-28/h3-5,7-8,10-13,16,20,24-28,33,35H,6,9,14-15,17-19H2,1-2H3,(H,31,34)/b30-16+/t24-,25-,26+,27?,28-/m0/s1. The number of nitrogens with zero attached hydrogens (tertiary/aromatic N) is 2. The average molecular weight is 590 g/mol. The number of aliphatic hydroxyl groups is 1. The molecule has 41 heavy (non-hydrogen) atoms. The third-order valence-corrected chi connectivity index (χ3v) is 9.07. The van der Waals surface area contributed by atoms with Crippen LogP contribution in [0.1, 0.15) is 37.8 Å². The molecule has 3 N–H and O–H groups in total. The van der Waals surface area contributed by atoms with E-state index in [0.29, 0.717) is 12.2 Å². The number of benzene rings is 2. The Morgan fingerprint density at radius 2 is 1.88 bits per heavy atom. The molecule has 1 amide bonds. The Hall–Kier alpha value is -3.03. The van der Waals surface area contributed by atoms with Crippen molar-refractivity contribution in [3.05, 3.63) is 65.7 Å². The van der Waals surface area contributed by atoms with Gasteiger partial charge in [0.2, 0.25) is 10.0 Å². The second kappa shape index (κ2) is 14.2. The van der Waals surface area contributed by atoms with Crippen LogP contribution in [0.3, 0.4) is 0 Å². The Labute approximate surface area is 241 Å². The molecule has 2 fully saturated rings. The van der Waals surface area contributed by atoms with Crippen molar-refractivity contribution in [1.82, 2.24) is 9.62 Å². The van der Waals surface area contributed by atoms with Crippen molar-refractivity contribution in [2.24, 2.45) is 17.0 Å². The number of oxime groups is 1. The van der Waals surface area contributed by atoms with Crippen molar-refractivity contribution in [2.45, 2.75) is 62.5 Å². The van der Waals surface area contributed by atoms with E-state index in [4.69, 9.17) is 19.4 Å². The highest BCUT2D eigenvalue weighted by molar-refractivity contribution is 7.89. The second-order valence-electron chi connectivity index (χ2n) is 10.9. The molecule has 5 atom stereocenters. The molecule has 2 aromatic rings. The van der Waals surface area contributed by atoms with Gasteiger partial charge in [-0.1, -0.05) is 61.5 Å². The predicted octanol–water partition coefficient (Wildman–Crippen LogP) is 2.99. The number of nitrogens with one attached hydrogen (secondary N) is 1. The van der Waals surface area contributed by atoms with E-state index in [9.17, 15) is 18.3 Å². The number of alkyl carbamates (subject to hydrolysis) is 1. The number of sulfonamides is 1.